The summed E-state index contributed by atoms with van der Waals surface area (Å²) in [6.07, 6.45) is 0.106. The number of carboxylic acid groups (broad SMARTS) is 1. The standard InChI is InChI=1S/C20H23NO5/c1-24-16-6-8-18(9-7-16)26-17-4-2-15(3-5-17)19-14-21(12-13-25-19)11-10-20(22)23/h2-9,19H,10-14H2,1H3,(H,22,23). The van der Waals surface area contributed by atoms with Gasteiger partial charge in [-0.05, 0) is 42.0 Å². The molecule has 2 aromatic rings. The Morgan fingerprint density at radius 3 is 2.35 bits per heavy atom. The van der Waals surface area contributed by atoms with Crippen molar-refractivity contribution < 1.29 is 24.1 Å². The molecule has 1 atom stereocenters. The number of carboxylic acids is 1. The SMILES string of the molecule is COc1ccc(Oc2ccc(C3CN(CCC(=O)O)CCO3)cc2)cc1. The van der Waals surface area contributed by atoms with Gasteiger partial charge in [-0.3, -0.25) is 9.69 Å². The van der Waals surface area contributed by atoms with E-state index in [1.807, 2.05) is 48.5 Å². The van der Waals surface area contributed by atoms with Crippen LogP contribution in [0.1, 0.15) is 18.1 Å². The van der Waals surface area contributed by atoms with Crippen molar-refractivity contribution in [3.05, 3.63) is 54.1 Å². The summed E-state index contributed by atoms with van der Waals surface area (Å²) in [7, 11) is 1.63. The molecule has 1 heterocycles. The van der Waals surface area contributed by atoms with Gasteiger partial charge < -0.3 is 19.3 Å². The van der Waals surface area contributed by atoms with Gasteiger partial charge in [0.25, 0.3) is 0 Å². The van der Waals surface area contributed by atoms with Gasteiger partial charge in [0.1, 0.15) is 17.2 Å². The van der Waals surface area contributed by atoms with Crippen LogP contribution in [0.5, 0.6) is 17.2 Å². The lowest BCUT2D eigenvalue weighted by atomic mass is 10.1. The lowest BCUT2D eigenvalue weighted by molar-refractivity contribution is -0.137. The first-order valence-electron chi connectivity index (χ1n) is 8.61. The van der Waals surface area contributed by atoms with Gasteiger partial charge in [-0.1, -0.05) is 12.1 Å². The number of morpholine rings is 1. The smallest absolute Gasteiger partial charge is 0.304 e. The molecule has 6 heteroatoms. The minimum atomic E-state index is -0.770. The maximum absolute atomic E-state index is 10.7. The Morgan fingerprint density at radius 1 is 1.12 bits per heavy atom. The zero-order chi connectivity index (χ0) is 18.4. The number of hydrogen-bond donors (Lipinski definition) is 1. The van der Waals surface area contributed by atoms with Crippen molar-refractivity contribution in [1.29, 1.82) is 0 Å². The van der Waals surface area contributed by atoms with Crippen molar-refractivity contribution in [3.8, 4) is 17.2 Å². The molecular formula is C20H23NO5. The topological polar surface area (TPSA) is 68.2 Å². The molecule has 1 unspecified atom stereocenters. The molecule has 138 valence electrons. The highest BCUT2D eigenvalue weighted by Crippen LogP contribution is 2.27. The van der Waals surface area contributed by atoms with Crippen molar-refractivity contribution in [2.75, 3.05) is 33.4 Å². The second-order valence-corrected chi connectivity index (χ2v) is 6.15. The lowest BCUT2D eigenvalue weighted by Gasteiger charge is -2.32. The quantitative estimate of drug-likeness (QED) is 0.820. The van der Waals surface area contributed by atoms with Gasteiger partial charge in [0.15, 0.2) is 0 Å². The molecule has 0 bridgehead atoms. The van der Waals surface area contributed by atoms with Crippen molar-refractivity contribution in [2.24, 2.45) is 0 Å². The molecule has 0 aliphatic carbocycles. The van der Waals surface area contributed by atoms with Crippen LogP contribution in [0.4, 0.5) is 0 Å². The summed E-state index contributed by atoms with van der Waals surface area (Å²) in [5, 5.41) is 8.83. The average molecular weight is 357 g/mol. The molecule has 1 aliphatic heterocycles. The highest BCUT2D eigenvalue weighted by atomic mass is 16.5. The second kappa shape index (κ2) is 8.69. The summed E-state index contributed by atoms with van der Waals surface area (Å²) in [6, 6.07) is 15.2. The Hall–Kier alpha value is -2.57. The number of carbonyl (C=O) groups is 1. The number of hydrogen-bond acceptors (Lipinski definition) is 5. The van der Waals surface area contributed by atoms with Crippen molar-refractivity contribution >= 4 is 5.97 Å². The van der Waals surface area contributed by atoms with Gasteiger partial charge in [-0.15, -0.1) is 0 Å². The first-order chi connectivity index (χ1) is 12.6. The molecule has 1 N–H and O–H groups in total. The maximum atomic E-state index is 10.7. The summed E-state index contributed by atoms with van der Waals surface area (Å²) in [5.41, 5.74) is 1.06. The molecule has 0 amide bonds. The van der Waals surface area contributed by atoms with Crippen LogP contribution in [0.15, 0.2) is 48.5 Å². The van der Waals surface area contributed by atoms with E-state index in [2.05, 4.69) is 4.90 Å². The van der Waals surface area contributed by atoms with Crippen LogP contribution in [0.2, 0.25) is 0 Å². The van der Waals surface area contributed by atoms with Gasteiger partial charge in [0.2, 0.25) is 0 Å². The van der Waals surface area contributed by atoms with E-state index < -0.39 is 5.97 Å². The van der Waals surface area contributed by atoms with E-state index in [4.69, 9.17) is 19.3 Å². The molecule has 1 fully saturated rings. The molecule has 0 radical (unpaired) electrons. The minimum absolute atomic E-state index is 0.0485. The fourth-order valence-electron chi connectivity index (χ4n) is 2.89. The number of benzene rings is 2. The van der Waals surface area contributed by atoms with Crippen LogP contribution in [-0.2, 0) is 9.53 Å². The Labute approximate surface area is 152 Å². The predicted molar refractivity (Wildman–Crippen MR) is 96.9 cm³/mol. The zero-order valence-electron chi connectivity index (χ0n) is 14.8. The van der Waals surface area contributed by atoms with Crippen molar-refractivity contribution in [3.63, 3.8) is 0 Å². The van der Waals surface area contributed by atoms with Gasteiger partial charge in [-0.2, -0.15) is 0 Å². The third kappa shape index (κ3) is 4.97. The second-order valence-electron chi connectivity index (χ2n) is 6.15. The van der Waals surface area contributed by atoms with Gasteiger partial charge >= 0.3 is 5.97 Å². The van der Waals surface area contributed by atoms with Crippen LogP contribution in [-0.4, -0.2) is 49.3 Å². The van der Waals surface area contributed by atoms with E-state index in [-0.39, 0.29) is 12.5 Å². The number of methoxy groups -OCH3 is 1. The Kier molecular flexibility index (Phi) is 6.09. The van der Waals surface area contributed by atoms with Gasteiger partial charge in [-0.25, -0.2) is 0 Å². The molecule has 0 aromatic heterocycles. The maximum Gasteiger partial charge on any atom is 0.304 e. The summed E-state index contributed by atoms with van der Waals surface area (Å²) in [6.45, 7) is 2.62. The van der Waals surface area contributed by atoms with Gasteiger partial charge in [0.05, 0.1) is 26.2 Å². The van der Waals surface area contributed by atoms with E-state index in [0.717, 1.165) is 29.4 Å². The third-order valence-corrected chi connectivity index (χ3v) is 4.34. The third-order valence-electron chi connectivity index (χ3n) is 4.34. The normalized spacial score (nSPS) is 17.7. The molecule has 2 aromatic carbocycles. The lowest BCUT2D eigenvalue weighted by Crippen LogP contribution is -2.39. The largest absolute Gasteiger partial charge is 0.497 e. The fourth-order valence-corrected chi connectivity index (χ4v) is 2.89. The highest BCUT2D eigenvalue weighted by Gasteiger charge is 2.22. The summed E-state index contributed by atoms with van der Waals surface area (Å²) in [4.78, 5) is 12.9. The van der Waals surface area contributed by atoms with Crippen LogP contribution in [0.3, 0.4) is 0 Å². The van der Waals surface area contributed by atoms with Crippen LogP contribution in [0.25, 0.3) is 0 Å². The molecule has 1 aliphatic rings. The molecular weight excluding hydrogens is 334 g/mol. The van der Waals surface area contributed by atoms with Crippen LogP contribution in [0, 0.1) is 0 Å². The van der Waals surface area contributed by atoms with E-state index >= 15 is 0 Å². The van der Waals surface area contributed by atoms with E-state index in [1.165, 1.54) is 0 Å². The summed E-state index contributed by atoms with van der Waals surface area (Å²) >= 11 is 0. The molecule has 0 spiro atoms. The fraction of sp³-hybridized carbons (Fsp3) is 0.350. The number of rotatable bonds is 7. The van der Waals surface area contributed by atoms with Crippen molar-refractivity contribution in [2.45, 2.75) is 12.5 Å². The molecule has 6 nitrogen and oxygen atoms in total. The molecule has 0 saturated carbocycles. The van der Waals surface area contributed by atoms with Crippen LogP contribution >= 0.6 is 0 Å². The number of ether oxygens (including phenoxy) is 3. The molecule has 26 heavy (non-hydrogen) atoms. The first kappa shape index (κ1) is 18.2. The first-order valence-corrected chi connectivity index (χ1v) is 8.61. The molecule has 3 rings (SSSR count). The predicted octanol–water partition coefficient (Wildman–Crippen LogP) is 3.34. The van der Waals surface area contributed by atoms with E-state index in [0.29, 0.717) is 19.7 Å². The number of aliphatic carboxylic acids is 1. The molecule has 1 saturated heterocycles. The van der Waals surface area contributed by atoms with E-state index in [1.54, 1.807) is 7.11 Å². The Balaban J connectivity index is 1.58. The van der Waals surface area contributed by atoms with Gasteiger partial charge in [0, 0.05) is 19.6 Å². The zero-order valence-corrected chi connectivity index (χ0v) is 14.8. The average Bonchev–Trinajstić information content (AvgIpc) is 2.68. The number of nitrogens with zero attached hydrogens (tertiary/aromatic N) is 1. The Morgan fingerprint density at radius 2 is 1.73 bits per heavy atom. The highest BCUT2D eigenvalue weighted by molar-refractivity contribution is 5.66. The van der Waals surface area contributed by atoms with Crippen LogP contribution < -0.4 is 9.47 Å². The monoisotopic (exact) mass is 357 g/mol. The minimum Gasteiger partial charge on any atom is -0.497 e. The van der Waals surface area contributed by atoms with Crippen molar-refractivity contribution in [1.82, 2.24) is 4.90 Å². The summed E-state index contributed by atoms with van der Waals surface area (Å²) < 4.78 is 16.8. The Bertz CT molecular complexity index is 714. The van der Waals surface area contributed by atoms with E-state index in [9.17, 15) is 4.79 Å². The summed E-state index contributed by atoms with van der Waals surface area (Å²) in [5.74, 6) is 1.51.